The van der Waals surface area contributed by atoms with E-state index in [1.165, 1.54) is 12.7 Å². The maximum absolute atomic E-state index is 8.63. The van der Waals surface area contributed by atoms with E-state index in [4.69, 9.17) is 17.5 Å². The van der Waals surface area contributed by atoms with Gasteiger partial charge in [0, 0.05) is 17.1 Å². The van der Waals surface area contributed by atoms with Crippen molar-refractivity contribution in [3.05, 3.63) is 12.7 Å². The first kappa shape index (κ1) is 36.7. The molecule has 13 heteroatoms. The van der Waals surface area contributed by atoms with Gasteiger partial charge >= 0.3 is 0 Å². The molecule has 0 bridgehead atoms. The Labute approximate surface area is 95.2 Å². The summed E-state index contributed by atoms with van der Waals surface area (Å²) < 4.78 is 32.8. The summed E-state index contributed by atoms with van der Waals surface area (Å²) in [6.45, 7) is 0. The molecule has 0 aliphatic carbocycles. The van der Waals surface area contributed by atoms with E-state index in [0.717, 1.165) is 0 Å². The minimum absolute atomic E-state index is 0. The molecular formula is C2H16MnN3O8S+3. The van der Waals surface area contributed by atoms with Crippen LogP contribution in [-0.4, -0.2) is 32.7 Å². The van der Waals surface area contributed by atoms with Crippen LogP contribution in [0.1, 0.15) is 0 Å². The maximum Gasteiger partial charge on any atom is 0.215 e. The molecule has 1 rings (SSSR count). The summed E-state index contributed by atoms with van der Waals surface area (Å²) in [7, 11) is -4.92. The molecule has 11 nitrogen and oxygen atoms in total. The summed E-state index contributed by atoms with van der Waals surface area (Å²) in [5.41, 5.74) is 0. The second-order valence-electron chi connectivity index (χ2n) is 1.08. The van der Waals surface area contributed by atoms with Gasteiger partial charge in [-0.25, -0.2) is 13.4 Å². The molecular weight excluding hydrogens is 281 g/mol. The van der Waals surface area contributed by atoms with Crippen molar-refractivity contribution in [1.29, 1.82) is 0 Å². The third-order valence-corrected chi connectivity index (χ3v) is 0.331. The van der Waals surface area contributed by atoms with E-state index in [9.17, 15) is 0 Å². The first-order valence-electron chi connectivity index (χ1n) is 1.97. The van der Waals surface area contributed by atoms with E-state index in [2.05, 4.69) is 15.2 Å². The van der Waals surface area contributed by atoms with Gasteiger partial charge in [0.2, 0.25) is 10.4 Å². The van der Waals surface area contributed by atoms with Crippen LogP contribution < -0.4 is 0 Å². The SMILES string of the molecule is O=S(=O)([O-])O.[Mn].[OH3+].[OH3+].[OH3+].[OH3+].c1nc[nH]n1. The van der Waals surface area contributed by atoms with Crippen molar-refractivity contribution in [2.75, 3.05) is 0 Å². The Morgan fingerprint density at radius 2 is 1.53 bits per heavy atom. The molecule has 0 aliphatic rings. The number of rotatable bonds is 0. The third-order valence-electron chi connectivity index (χ3n) is 0.331. The molecule has 1 radical (unpaired) electrons. The van der Waals surface area contributed by atoms with Crippen molar-refractivity contribution in [2.45, 2.75) is 0 Å². The zero-order valence-corrected chi connectivity index (χ0v) is 9.31. The van der Waals surface area contributed by atoms with E-state index < -0.39 is 10.4 Å². The van der Waals surface area contributed by atoms with Gasteiger partial charge < -0.3 is 26.5 Å². The molecule has 0 atom stereocenters. The van der Waals surface area contributed by atoms with Crippen LogP contribution >= 0.6 is 0 Å². The fourth-order valence-corrected chi connectivity index (χ4v) is 0.167. The average molecular weight is 297 g/mol. The number of hydrogen-bond donors (Lipinski definition) is 2. The summed E-state index contributed by atoms with van der Waals surface area (Å²) in [6, 6.07) is 0. The molecule has 0 unspecified atom stereocenters. The second-order valence-corrected chi connectivity index (χ2v) is 1.94. The number of aromatic nitrogens is 3. The smallest absolute Gasteiger partial charge is 0.215 e. The van der Waals surface area contributed by atoms with Gasteiger partial charge in [0.25, 0.3) is 0 Å². The molecule has 0 amide bonds. The van der Waals surface area contributed by atoms with Gasteiger partial charge in [-0.15, -0.1) is 0 Å². The van der Waals surface area contributed by atoms with Crippen molar-refractivity contribution >= 4 is 10.4 Å². The number of nitrogens with one attached hydrogen (secondary N) is 1. The largest absolute Gasteiger partial charge is 0.726 e. The van der Waals surface area contributed by atoms with E-state index in [1.807, 2.05) is 0 Å². The molecule has 0 saturated carbocycles. The summed E-state index contributed by atoms with van der Waals surface area (Å²) in [4.78, 5) is 3.56. The average Bonchev–Trinajstić information content (AvgIpc) is 2.07. The zero-order chi connectivity index (χ0) is 8.04. The van der Waals surface area contributed by atoms with Crippen LogP contribution in [0.5, 0.6) is 0 Å². The molecule has 1 aromatic rings. The molecule has 15 heavy (non-hydrogen) atoms. The van der Waals surface area contributed by atoms with Crippen LogP contribution in [0.2, 0.25) is 0 Å². The molecule has 97 valence electrons. The minimum Gasteiger partial charge on any atom is -0.726 e. The van der Waals surface area contributed by atoms with Gasteiger partial charge in [0.15, 0.2) is 0 Å². The summed E-state index contributed by atoms with van der Waals surface area (Å²) in [5.74, 6) is 0. The van der Waals surface area contributed by atoms with Crippen molar-refractivity contribution in [1.82, 2.24) is 15.2 Å². The van der Waals surface area contributed by atoms with Crippen LogP contribution in [0.3, 0.4) is 0 Å². The Hall–Kier alpha value is -0.631. The molecule has 0 aliphatic heterocycles. The van der Waals surface area contributed by atoms with Crippen molar-refractivity contribution in [2.24, 2.45) is 0 Å². The zero-order valence-electron chi connectivity index (χ0n) is 7.32. The predicted octanol–water partition coefficient (Wildman–Crippen LogP) is -4.88. The van der Waals surface area contributed by atoms with E-state index in [1.54, 1.807) is 0 Å². The Kier molecular flexibility index (Phi) is 46.5. The Morgan fingerprint density at radius 1 is 1.20 bits per heavy atom. The van der Waals surface area contributed by atoms with Crippen LogP contribution in [0.15, 0.2) is 12.7 Å². The maximum atomic E-state index is 8.63. The van der Waals surface area contributed by atoms with E-state index >= 15 is 0 Å². The van der Waals surface area contributed by atoms with Crippen molar-refractivity contribution in [3.8, 4) is 0 Å². The number of aromatic amines is 1. The quantitative estimate of drug-likeness (QED) is 0.205. The molecule has 0 spiro atoms. The molecule has 1 heterocycles. The summed E-state index contributed by atoms with van der Waals surface area (Å²) in [6.07, 6.45) is 2.96. The standard InChI is InChI=1S/C2H3N3.Mn.H2O4S.4H2O/c1-3-2-5-4-1;;1-5(2,3)4;;;;/h1-2H,(H,3,4,5);;(H2,1,2,3,4);4*1H2/p+3. The second kappa shape index (κ2) is 19.0. The third kappa shape index (κ3) is 90.5. The van der Waals surface area contributed by atoms with Gasteiger partial charge in [-0.1, -0.05) is 0 Å². The van der Waals surface area contributed by atoms with Gasteiger partial charge in [-0.3, -0.25) is 9.65 Å². The van der Waals surface area contributed by atoms with Crippen LogP contribution in [-0.2, 0) is 49.4 Å². The Balaban J connectivity index is -0.0000000202. The van der Waals surface area contributed by atoms with Crippen molar-refractivity contribution < 1.29 is 56.5 Å². The van der Waals surface area contributed by atoms with E-state index in [0.29, 0.717) is 0 Å². The Bertz CT molecular complexity index is 224. The topological polar surface area (TPSA) is 251 Å². The Morgan fingerprint density at radius 3 is 1.60 bits per heavy atom. The van der Waals surface area contributed by atoms with Crippen LogP contribution in [0.25, 0.3) is 0 Å². The van der Waals surface area contributed by atoms with Gasteiger partial charge in [0.05, 0.1) is 0 Å². The molecule has 0 aromatic carbocycles. The predicted molar refractivity (Wildman–Crippen MR) is 48.2 cm³/mol. The van der Waals surface area contributed by atoms with Crippen molar-refractivity contribution in [3.63, 3.8) is 0 Å². The van der Waals surface area contributed by atoms with Crippen LogP contribution in [0, 0.1) is 0 Å². The van der Waals surface area contributed by atoms with Gasteiger partial charge in [-0.2, -0.15) is 5.10 Å². The van der Waals surface area contributed by atoms with Gasteiger partial charge in [-0.05, 0) is 0 Å². The number of hydrogen-bond acceptors (Lipinski definition) is 5. The number of H-pyrrole nitrogens is 1. The normalized spacial score (nSPS) is 6.53. The summed E-state index contributed by atoms with van der Waals surface area (Å²) in [5, 5.41) is 5.99. The van der Waals surface area contributed by atoms with E-state index in [-0.39, 0.29) is 39.0 Å². The fraction of sp³-hybridized carbons (Fsp3) is 0. The van der Waals surface area contributed by atoms with Gasteiger partial charge in [0.1, 0.15) is 12.7 Å². The summed E-state index contributed by atoms with van der Waals surface area (Å²) >= 11 is 0. The molecule has 0 fully saturated rings. The molecule has 14 N–H and O–H groups in total. The monoisotopic (exact) mass is 297 g/mol. The first-order valence-corrected chi connectivity index (χ1v) is 3.33. The molecule has 0 saturated heterocycles. The fourth-order valence-electron chi connectivity index (χ4n) is 0.167. The number of nitrogens with zero attached hydrogens (tertiary/aromatic N) is 2. The molecule has 1 aromatic heterocycles. The first-order chi connectivity index (χ1) is 4.50. The minimum atomic E-state index is -4.92. The van der Waals surface area contributed by atoms with Crippen LogP contribution in [0.4, 0.5) is 0 Å².